The van der Waals surface area contributed by atoms with Gasteiger partial charge in [0.2, 0.25) is 5.82 Å². The van der Waals surface area contributed by atoms with Gasteiger partial charge in [0, 0.05) is 30.8 Å². The molecule has 11 nitrogen and oxygen atoms in total. The van der Waals surface area contributed by atoms with Gasteiger partial charge in [0.1, 0.15) is 12.4 Å². The monoisotopic (exact) mass is 517 g/mol. The van der Waals surface area contributed by atoms with Crippen molar-refractivity contribution in [1.82, 2.24) is 15.3 Å². The lowest BCUT2D eigenvalue weighted by Gasteiger charge is -2.12. The van der Waals surface area contributed by atoms with E-state index < -0.39 is 15.9 Å². The number of benzene rings is 2. The van der Waals surface area contributed by atoms with Gasteiger partial charge in [-0.3, -0.25) is 14.8 Å². The minimum Gasteiger partial charge on any atom is -0.491 e. The first-order valence-electron chi connectivity index (χ1n) is 10.1. The van der Waals surface area contributed by atoms with Crippen molar-refractivity contribution in [2.24, 2.45) is 0 Å². The molecule has 184 valence electrons. The van der Waals surface area contributed by atoms with E-state index in [0.717, 1.165) is 0 Å². The van der Waals surface area contributed by atoms with Crippen molar-refractivity contribution < 1.29 is 27.4 Å². The van der Waals surface area contributed by atoms with Crippen LogP contribution >= 0.6 is 12.2 Å². The second-order valence-electron chi connectivity index (χ2n) is 6.82. The summed E-state index contributed by atoms with van der Waals surface area (Å²) in [7, 11) is -0.995. The molecule has 1 amide bonds. The quantitative estimate of drug-likeness (QED) is 0.271. The van der Waals surface area contributed by atoms with Gasteiger partial charge in [-0.1, -0.05) is 0 Å². The highest BCUT2D eigenvalue weighted by Crippen LogP contribution is 2.22. The highest BCUT2D eigenvalue weighted by molar-refractivity contribution is 7.92. The van der Waals surface area contributed by atoms with E-state index in [1.165, 1.54) is 43.8 Å². The van der Waals surface area contributed by atoms with Crippen LogP contribution in [0, 0.1) is 0 Å². The molecule has 0 aliphatic carbocycles. The van der Waals surface area contributed by atoms with Crippen molar-refractivity contribution >= 4 is 44.8 Å². The molecule has 0 aliphatic heterocycles. The number of thiocarbonyl (C=S) groups is 1. The molecule has 0 radical (unpaired) electrons. The highest BCUT2D eigenvalue weighted by atomic mass is 32.2. The van der Waals surface area contributed by atoms with Gasteiger partial charge >= 0.3 is 0 Å². The second kappa shape index (κ2) is 12.1. The fourth-order valence-electron chi connectivity index (χ4n) is 2.73. The first kappa shape index (κ1) is 25.8. The predicted octanol–water partition coefficient (Wildman–Crippen LogP) is 2.44. The van der Waals surface area contributed by atoms with Crippen molar-refractivity contribution in [3.63, 3.8) is 0 Å². The predicted molar refractivity (Wildman–Crippen MR) is 133 cm³/mol. The van der Waals surface area contributed by atoms with E-state index in [9.17, 15) is 13.2 Å². The number of sulfonamides is 1. The summed E-state index contributed by atoms with van der Waals surface area (Å²) in [4.78, 5) is 20.2. The average Bonchev–Trinajstić information content (AvgIpc) is 2.85. The van der Waals surface area contributed by atoms with Gasteiger partial charge in [0.25, 0.3) is 21.8 Å². The second-order valence-corrected chi connectivity index (χ2v) is 8.91. The zero-order chi connectivity index (χ0) is 25.3. The summed E-state index contributed by atoms with van der Waals surface area (Å²) in [5.74, 6) is 0.216. The SMILES string of the molecule is COCCOc1ccc(C(=O)NC(=S)Nc2ccc(S(=O)(=O)Nc3nccnc3OC)cc2)cc1. The molecule has 0 unspecified atom stereocenters. The van der Waals surface area contributed by atoms with E-state index in [1.54, 1.807) is 31.4 Å². The average molecular weight is 518 g/mol. The van der Waals surface area contributed by atoms with Crippen LogP contribution < -0.4 is 24.8 Å². The standard InChI is InChI=1S/C22H23N5O6S2/c1-31-13-14-33-17-7-3-15(4-8-17)20(28)26-22(34)25-16-5-9-18(10-6-16)35(29,30)27-19-21(32-2)24-12-11-23-19/h3-12H,13-14H2,1-2H3,(H,23,27)(H2,25,26,28,34). The van der Waals surface area contributed by atoms with Gasteiger partial charge in [-0.05, 0) is 60.7 Å². The summed E-state index contributed by atoms with van der Waals surface area (Å²) in [6.07, 6.45) is 2.72. The number of nitrogens with zero attached hydrogens (tertiary/aromatic N) is 2. The molecule has 1 aromatic heterocycles. The van der Waals surface area contributed by atoms with Gasteiger partial charge in [-0.2, -0.15) is 0 Å². The number of rotatable bonds is 10. The van der Waals surface area contributed by atoms with Crippen LogP contribution in [-0.2, 0) is 14.8 Å². The van der Waals surface area contributed by atoms with Crippen molar-refractivity contribution in [3.05, 3.63) is 66.5 Å². The van der Waals surface area contributed by atoms with E-state index in [4.69, 9.17) is 26.4 Å². The van der Waals surface area contributed by atoms with Gasteiger partial charge in [-0.15, -0.1) is 0 Å². The Morgan fingerprint density at radius 3 is 2.31 bits per heavy atom. The number of ether oxygens (including phenoxy) is 3. The number of anilines is 2. The number of nitrogens with one attached hydrogen (secondary N) is 3. The molecule has 0 fully saturated rings. The van der Waals surface area contributed by atoms with Crippen LogP contribution in [0.4, 0.5) is 11.5 Å². The van der Waals surface area contributed by atoms with Crippen LogP contribution in [0.2, 0.25) is 0 Å². The third-order valence-electron chi connectivity index (χ3n) is 4.41. The first-order valence-corrected chi connectivity index (χ1v) is 12.0. The maximum atomic E-state index is 12.7. The Morgan fingerprint density at radius 1 is 0.971 bits per heavy atom. The Balaban J connectivity index is 1.57. The van der Waals surface area contributed by atoms with E-state index >= 15 is 0 Å². The lowest BCUT2D eigenvalue weighted by Crippen LogP contribution is -2.34. The molecular weight excluding hydrogens is 494 g/mol. The Kier molecular flexibility index (Phi) is 8.89. The molecule has 3 N–H and O–H groups in total. The van der Waals surface area contributed by atoms with Crippen molar-refractivity contribution in [3.8, 4) is 11.6 Å². The molecule has 2 aromatic carbocycles. The highest BCUT2D eigenvalue weighted by Gasteiger charge is 2.18. The first-order chi connectivity index (χ1) is 16.8. The number of hydrogen-bond acceptors (Lipinski definition) is 9. The lowest BCUT2D eigenvalue weighted by molar-refractivity contribution is 0.0977. The smallest absolute Gasteiger partial charge is 0.263 e. The zero-order valence-corrected chi connectivity index (χ0v) is 20.5. The molecule has 0 saturated carbocycles. The molecule has 0 atom stereocenters. The summed E-state index contributed by atoms with van der Waals surface area (Å²) >= 11 is 5.19. The minimum atomic E-state index is -3.94. The topological polar surface area (TPSA) is 141 Å². The van der Waals surface area contributed by atoms with Gasteiger partial charge in [-0.25, -0.2) is 18.4 Å². The van der Waals surface area contributed by atoms with Crippen molar-refractivity contribution in [2.75, 3.05) is 37.5 Å². The Labute approximate surface area is 207 Å². The third kappa shape index (κ3) is 7.34. The van der Waals surface area contributed by atoms with Crippen LogP contribution in [0.3, 0.4) is 0 Å². The normalized spacial score (nSPS) is 10.8. The molecule has 3 aromatic rings. The minimum absolute atomic E-state index is 0.0153. The number of carbonyl (C=O) groups is 1. The lowest BCUT2D eigenvalue weighted by atomic mass is 10.2. The van der Waals surface area contributed by atoms with Gasteiger partial charge in [0.05, 0.1) is 18.6 Å². The van der Waals surface area contributed by atoms with Crippen molar-refractivity contribution in [2.45, 2.75) is 4.90 Å². The molecule has 13 heteroatoms. The largest absolute Gasteiger partial charge is 0.491 e. The molecular formula is C22H23N5O6S2. The summed E-state index contributed by atoms with van der Waals surface area (Å²) in [6, 6.07) is 12.3. The number of hydrogen-bond donors (Lipinski definition) is 3. The van der Waals surface area contributed by atoms with Gasteiger partial charge < -0.3 is 19.5 Å². The van der Waals surface area contributed by atoms with Crippen LogP contribution in [-0.4, -0.2) is 56.8 Å². The van der Waals surface area contributed by atoms with Gasteiger partial charge in [0.15, 0.2) is 5.11 Å². The van der Waals surface area contributed by atoms with E-state index in [-0.39, 0.29) is 21.7 Å². The summed E-state index contributed by atoms with van der Waals surface area (Å²) in [5.41, 5.74) is 0.869. The van der Waals surface area contributed by atoms with E-state index in [2.05, 4.69) is 25.3 Å². The Bertz CT molecular complexity index is 1270. The molecule has 3 rings (SSSR count). The molecule has 35 heavy (non-hydrogen) atoms. The maximum absolute atomic E-state index is 12.7. The van der Waals surface area contributed by atoms with Crippen LogP contribution in [0.15, 0.2) is 65.8 Å². The molecule has 0 saturated heterocycles. The number of methoxy groups -OCH3 is 2. The molecule has 0 bridgehead atoms. The number of carbonyl (C=O) groups excluding carboxylic acids is 1. The third-order valence-corrected chi connectivity index (χ3v) is 5.97. The summed E-state index contributed by atoms with van der Waals surface area (Å²) < 4.78 is 43.0. The van der Waals surface area contributed by atoms with E-state index in [1.807, 2.05) is 0 Å². The fourth-order valence-corrected chi connectivity index (χ4v) is 3.95. The summed E-state index contributed by atoms with van der Waals surface area (Å²) in [6.45, 7) is 0.864. The number of amides is 1. The molecule has 0 aliphatic rings. The van der Waals surface area contributed by atoms with Crippen LogP contribution in [0.1, 0.15) is 10.4 Å². The van der Waals surface area contributed by atoms with Crippen LogP contribution in [0.5, 0.6) is 11.6 Å². The molecule has 0 spiro atoms. The summed E-state index contributed by atoms with van der Waals surface area (Å²) in [5, 5.41) is 5.46. The zero-order valence-electron chi connectivity index (χ0n) is 18.8. The molecule has 1 heterocycles. The Hall–Kier alpha value is -3.81. The van der Waals surface area contributed by atoms with E-state index in [0.29, 0.717) is 30.2 Å². The number of aromatic nitrogens is 2. The fraction of sp³-hybridized carbons (Fsp3) is 0.182. The Morgan fingerprint density at radius 2 is 1.66 bits per heavy atom. The van der Waals surface area contributed by atoms with Crippen LogP contribution in [0.25, 0.3) is 0 Å². The maximum Gasteiger partial charge on any atom is 0.263 e. The van der Waals surface area contributed by atoms with Crippen molar-refractivity contribution in [1.29, 1.82) is 0 Å².